The van der Waals surface area contributed by atoms with Gasteiger partial charge in [0.05, 0.1) is 28.8 Å². The van der Waals surface area contributed by atoms with Crippen LogP contribution in [0.4, 0.5) is 5.82 Å². The Balaban J connectivity index is 2.07. The van der Waals surface area contributed by atoms with Crippen molar-refractivity contribution < 1.29 is 9.90 Å². The Morgan fingerprint density at radius 2 is 2.00 bits per heavy atom. The number of pyridine rings is 1. The summed E-state index contributed by atoms with van der Waals surface area (Å²) in [6.45, 7) is 3.76. The molecule has 5 N–H and O–H groups in total. The maximum Gasteiger partial charge on any atom is 0.253 e. The first-order valence-corrected chi connectivity index (χ1v) is 9.55. The standard InChI is InChI=1S/C21H22N6O2/c1-9-4-7-12(28)10(2)17(9)27-18-13(14(19(27)22)20(23)29)15(11-5-6-11)25-21-16(18)24-8-26(21)3/h4,7-8,11,28H,5-6,22H2,1-3H3,(H2,23,29). The van der Waals surface area contributed by atoms with Crippen molar-refractivity contribution in [3.63, 3.8) is 0 Å². The predicted octanol–water partition coefficient (Wildman–Crippen LogP) is 2.79. The van der Waals surface area contributed by atoms with Crippen LogP contribution in [0.3, 0.4) is 0 Å². The molecule has 0 bridgehead atoms. The molecular formula is C21H22N6O2. The number of carbonyl (C=O) groups excluding carboxylic acids is 1. The van der Waals surface area contributed by atoms with E-state index in [4.69, 9.17) is 16.5 Å². The van der Waals surface area contributed by atoms with Crippen molar-refractivity contribution in [3.8, 4) is 11.4 Å². The van der Waals surface area contributed by atoms with Gasteiger partial charge in [0.1, 0.15) is 17.1 Å². The number of phenolic OH excluding ortho intramolecular Hbond substituents is 1. The third kappa shape index (κ3) is 2.28. The van der Waals surface area contributed by atoms with E-state index >= 15 is 0 Å². The summed E-state index contributed by atoms with van der Waals surface area (Å²) in [5, 5.41) is 11.0. The minimum Gasteiger partial charge on any atom is -0.508 e. The van der Waals surface area contributed by atoms with Crippen LogP contribution in [0, 0.1) is 13.8 Å². The number of imidazole rings is 1. The number of carbonyl (C=O) groups is 1. The lowest BCUT2D eigenvalue weighted by molar-refractivity contribution is 0.100. The molecule has 0 saturated heterocycles. The zero-order valence-corrected chi connectivity index (χ0v) is 16.5. The Kier molecular flexibility index (Phi) is 3.46. The third-order valence-electron chi connectivity index (χ3n) is 5.86. The Morgan fingerprint density at radius 1 is 1.28 bits per heavy atom. The number of aryl methyl sites for hydroxylation is 2. The molecule has 1 fully saturated rings. The molecular weight excluding hydrogens is 368 g/mol. The SMILES string of the molecule is Cc1ccc(O)c(C)c1-n1c(N)c(C(N)=O)c2c(C3CC3)nc3c(ncn3C)c21. The number of phenols is 1. The highest BCUT2D eigenvalue weighted by atomic mass is 16.3. The van der Waals surface area contributed by atoms with Gasteiger partial charge in [0.25, 0.3) is 5.91 Å². The number of rotatable bonds is 3. The smallest absolute Gasteiger partial charge is 0.253 e. The Labute approximate surface area is 166 Å². The Bertz CT molecular complexity index is 1340. The Morgan fingerprint density at radius 3 is 2.66 bits per heavy atom. The van der Waals surface area contributed by atoms with Crippen molar-refractivity contribution in [3.05, 3.63) is 40.8 Å². The predicted molar refractivity (Wildman–Crippen MR) is 111 cm³/mol. The van der Waals surface area contributed by atoms with Gasteiger partial charge in [-0.15, -0.1) is 0 Å². The average Bonchev–Trinajstić information content (AvgIpc) is 3.39. The molecule has 0 radical (unpaired) electrons. The number of anilines is 1. The van der Waals surface area contributed by atoms with Gasteiger partial charge < -0.3 is 21.1 Å². The van der Waals surface area contributed by atoms with Crippen LogP contribution in [0.1, 0.15) is 45.9 Å². The van der Waals surface area contributed by atoms with E-state index in [0.29, 0.717) is 22.0 Å². The van der Waals surface area contributed by atoms with E-state index in [1.165, 1.54) is 0 Å². The van der Waals surface area contributed by atoms with Crippen molar-refractivity contribution in [1.82, 2.24) is 19.1 Å². The molecule has 5 rings (SSSR count). The van der Waals surface area contributed by atoms with Crippen LogP contribution >= 0.6 is 0 Å². The van der Waals surface area contributed by atoms with Gasteiger partial charge in [-0.3, -0.25) is 9.36 Å². The molecule has 8 nitrogen and oxygen atoms in total. The monoisotopic (exact) mass is 390 g/mol. The Hall–Kier alpha value is -3.55. The topological polar surface area (TPSA) is 125 Å². The van der Waals surface area contributed by atoms with E-state index in [2.05, 4.69) is 4.98 Å². The molecule has 1 aliphatic rings. The van der Waals surface area contributed by atoms with Crippen LogP contribution in [0.5, 0.6) is 5.75 Å². The summed E-state index contributed by atoms with van der Waals surface area (Å²) < 4.78 is 3.67. The molecule has 4 aromatic rings. The van der Waals surface area contributed by atoms with E-state index in [1.807, 2.05) is 36.1 Å². The van der Waals surface area contributed by atoms with Crippen molar-refractivity contribution in [2.24, 2.45) is 12.8 Å². The van der Waals surface area contributed by atoms with Gasteiger partial charge in [-0.2, -0.15) is 0 Å². The van der Waals surface area contributed by atoms with Crippen molar-refractivity contribution in [1.29, 1.82) is 0 Å². The summed E-state index contributed by atoms with van der Waals surface area (Å²) in [6.07, 6.45) is 3.73. The second-order valence-electron chi connectivity index (χ2n) is 7.86. The molecule has 1 saturated carbocycles. The first-order chi connectivity index (χ1) is 13.8. The highest BCUT2D eigenvalue weighted by Gasteiger charge is 2.34. The van der Waals surface area contributed by atoms with Crippen molar-refractivity contribution in [2.75, 3.05) is 5.73 Å². The molecule has 1 aromatic carbocycles. The van der Waals surface area contributed by atoms with Crippen molar-refractivity contribution >= 4 is 33.8 Å². The minimum atomic E-state index is -0.597. The maximum atomic E-state index is 12.5. The summed E-state index contributed by atoms with van der Waals surface area (Å²) in [7, 11) is 1.89. The number of benzene rings is 1. The fourth-order valence-corrected chi connectivity index (χ4v) is 4.26. The quantitative estimate of drug-likeness (QED) is 0.496. The largest absolute Gasteiger partial charge is 0.508 e. The van der Waals surface area contributed by atoms with E-state index in [-0.39, 0.29) is 23.0 Å². The van der Waals surface area contributed by atoms with E-state index in [1.54, 1.807) is 12.4 Å². The lowest BCUT2D eigenvalue weighted by atomic mass is 10.1. The van der Waals surface area contributed by atoms with Crippen molar-refractivity contribution in [2.45, 2.75) is 32.6 Å². The summed E-state index contributed by atoms with van der Waals surface area (Å²) in [5.74, 6) is 0.0737. The molecule has 3 heterocycles. The number of nitrogens with zero attached hydrogens (tertiary/aromatic N) is 4. The van der Waals surface area contributed by atoms with Crippen LogP contribution in [0.25, 0.3) is 27.8 Å². The molecule has 0 atom stereocenters. The van der Waals surface area contributed by atoms with E-state index < -0.39 is 5.91 Å². The molecule has 29 heavy (non-hydrogen) atoms. The zero-order chi connectivity index (χ0) is 20.6. The second-order valence-corrected chi connectivity index (χ2v) is 7.86. The van der Waals surface area contributed by atoms with Crippen LogP contribution in [0.15, 0.2) is 18.5 Å². The summed E-state index contributed by atoms with van der Waals surface area (Å²) in [6, 6.07) is 3.48. The van der Waals surface area contributed by atoms with E-state index in [0.717, 1.165) is 35.4 Å². The normalized spacial score (nSPS) is 14.2. The highest BCUT2D eigenvalue weighted by molar-refractivity contribution is 6.17. The second kappa shape index (κ2) is 5.73. The van der Waals surface area contributed by atoms with Crippen LogP contribution < -0.4 is 11.5 Å². The summed E-state index contributed by atoms with van der Waals surface area (Å²) in [4.78, 5) is 21.9. The first kappa shape index (κ1) is 17.5. The lowest BCUT2D eigenvalue weighted by Gasteiger charge is -2.16. The number of aromatic hydroxyl groups is 1. The van der Waals surface area contributed by atoms with Gasteiger partial charge >= 0.3 is 0 Å². The maximum absolute atomic E-state index is 12.5. The molecule has 1 amide bonds. The van der Waals surface area contributed by atoms with Gasteiger partial charge in [-0.1, -0.05) is 6.07 Å². The van der Waals surface area contributed by atoms with Gasteiger partial charge in [-0.25, -0.2) is 9.97 Å². The summed E-state index contributed by atoms with van der Waals surface area (Å²) >= 11 is 0. The van der Waals surface area contributed by atoms with Crippen LogP contribution in [0.2, 0.25) is 0 Å². The molecule has 0 spiro atoms. The number of amides is 1. The number of hydrogen-bond donors (Lipinski definition) is 3. The van der Waals surface area contributed by atoms with Crippen LogP contribution in [-0.4, -0.2) is 30.1 Å². The highest BCUT2D eigenvalue weighted by Crippen LogP contribution is 2.47. The molecule has 1 aliphatic carbocycles. The number of primary amides is 1. The van der Waals surface area contributed by atoms with Gasteiger partial charge in [0.2, 0.25) is 0 Å². The van der Waals surface area contributed by atoms with Gasteiger partial charge in [0, 0.05) is 23.9 Å². The fraction of sp³-hybridized carbons (Fsp3) is 0.286. The molecule has 0 unspecified atom stereocenters. The molecule has 8 heteroatoms. The van der Waals surface area contributed by atoms with Gasteiger partial charge in [-0.05, 0) is 38.3 Å². The first-order valence-electron chi connectivity index (χ1n) is 9.55. The van der Waals surface area contributed by atoms with Crippen LogP contribution in [-0.2, 0) is 7.05 Å². The lowest BCUT2D eigenvalue weighted by Crippen LogP contribution is -2.14. The van der Waals surface area contributed by atoms with E-state index in [9.17, 15) is 9.90 Å². The average molecular weight is 390 g/mol. The molecule has 148 valence electrons. The molecule has 3 aromatic heterocycles. The van der Waals surface area contributed by atoms with Gasteiger partial charge in [0.15, 0.2) is 5.65 Å². The number of fused-ring (bicyclic) bond motifs is 3. The zero-order valence-electron chi connectivity index (χ0n) is 16.5. The number of aromatic nitrogens is 4. The minimum absolute atomic E-state index is 0.154. The number of nitrogens with two attached hydrogens (primary N) is 2. The molecule has 0 aliphatic heterocycles. The summed E-state index contributed by atoms with van der Waals surface area (Å²) in [5.41, 5.74) is 17.8. The number of hydrogen-bond acceptors (Lipinski definition) is 5. The number of nitrogen functional groups attached to an aromatic ring is 1. The third-order valence-corrected chi connectivity index (χ3v) is 5.86. The fourth-order valence-electron chi connectivity index (χ4n) is 4.26.